The van der Waals surface area contributed by atoms with Crippen molar-refractivity contribution in [3.8, 4) is 0 Å². The number of hydrogen-bond acceptors (Lipinski definition) is 0. The average molecular weight is 98.2 g/mol. The average Bonchev–Trinajstić information content (AvgIpc) is 1.69. The molecule has 0 unspecified atom stereocenters. The summed E-state index contributed by atoms with van der Waals surface area (Å²) in [4.78, 5) is 0. The Morgan fingerprint density at radius 2 is 2.14 bits per heavy atom. The van der Waals surface area contributed by atoms with Crippen LogP contribution < -0.4 is 5.73 Å². The maximum Gasteiger partial charge on any atom is 0.0281 e. The van der Waals surface area contributed by atoms with Crippen molar-refractivity contribution < 1.29 is 0 Å². The van der Waals surface area contributed by atoms with E-state index in [0.29, 0.717) is 6.54 Å². The molecule has 0 atom stereocenters. The number of unbranched alkanes of at least 4 members (excludes halogenated alkanes) is 1. The second-order valence-electron chi connectivity index (χ2n) is 1.46. The van der Waals surface area contributed by atoms with Crippen LogP contribution in [0.3, 0.4) is 0 Å². The van der Waals surface area contributed by atoms with Gasteiger partial charge in [-0.1, -0.05) is 25.5 Å². The maximum atomic E-state index is 6.69. The van der Waals surface area contributed by atoms with Gasteiger partial charge in [-0.05, 0) is 6.42 Å². The number of allylic oxidation sites excluding steroid dienone is 1. The molecular formula is C6H12N. The minimum atomic E-state index is 0.431. The van der Waals surface area contributed by atoms with Crippen LogP contribution in [0, 0.1) is 0 Å². The molecule has 0 amide bonds. The standard InChI is InChI=1S/C6H12N/c1-2-3-4-5-6-7/h4-5,7H,2-3,6H2,1H3/b5-4+. The Morgan fingerprint density at radius 3 is 2.57 bits per heavy atom. The Bertz CT molecular complexity index is 48.1. The summed E-state index contributed by atoms with van der Waals surface area (Å²) in [5.74, 6) is 0. The van der Waals surface area contributed by atoms with Gasteiger partial charge in [0.25, 0.3) is 0 Å². The van der Waals surface area contributed by atoms with Gasteiger partial charge in [-0.25, -0.2) is 0 Å². The minimum absolute atomic E-state index is 0.431. The molecule has 0 spiro atoms. The summed E-state index contributed by atoms with van der Waals surface area (Å²) in [6.07, 6.45) is 6.24. The fraction of sp³-hybridized carbons (Fsp3) is 0.667. The predicted octanol–water partition coefficient (Wildman–Crippen LogP) is 1.63. The summed E-state index contributed by atoms with van der Waals surface area (Å²) in [5, 5.41) is 0. The predicted molar refractivity (Wildman–Crippen MR) is 32.0 cm³/mol. The minimum Gasteiger partial charge on any atom is -0.254 e. The Morgan fingerprint density at radius 1 is 1.43 bits per heavy atom. The van der Waals surface area contributed by atoms with Crippen molar-refractivity contribution >= 4 is 0 Å². The van der Waals surface area contributed by atoms with Gasteiger partial charge in [0.2, 0.25) is 0 Å². The Labute approximate surface area is 45.2 Å². The van der Waals surface area contributed by atoms with Gasteiger partial charge in [0.05, 0.1) is 0 Å². The molecule has 41 valence electrons. The van der Waals surface area contributed by atoms with Crippen LogP contribution in [-0.4, -0.2) is 6.54 Å². The molecule has 0 aliphatic heterocycles. The van der Waals surface area contributed by atoms with E-state index in [9.17, 15) is 0 Å². The maximum absolute atomic E-state index is 6.69. The zero-order valence-electron chi connectivity index (χ0n) is 4.78. The van der Waals surface area contributed by atoms with Crippen molar-refractivity contribution in [2.75, 3.05) is 6.54 Å². The topological polar surface area (TPSA) is 23.8 Å². The lowest BCUT2D eigenvalue weighted by atomic mass is 10.3. The van der Waals surface area contributed by atoms with E-state index in [1.807, 2.05) is 12.2 Å². The van der Waals surface area contributed by atoms with Gasteiger partial charge in [-0.3, -0.25) is 5.73 Å². The first kappa shape index (κ1) is 6.70. The van der Waals surface area contributed by atoms with Crippen LogP contribution in [0.2, 0.25) is 0 Å². The molecule has 0 aliphatic rings. The van der Waals surface area contributed by atoms with Gasteiger partial charge in [-0.2, -0.15) is 0 Å². The summed E-state index contributed by atoms with van der Waals surface area (Å²) < 4.78 is 0. The Balaban J connectivity index is 2.78. The van der Waals surface area contributed by atoms with E-state index in [0.717, 1.165) is 6.42 Å². The molecule has 1 radical (unpaired) electrons. The van der Waals surface area contributed by atoms with E-state index in [2.05, 4.69) is 6.92 Å². The summed E-state index contributed by atoms with van der Waals surface area (Å²) in [6, 6.07) is 0. The third kappa shape index (κ3) is 5.70. The molecule has 0 aromatic heterocycles. The molecule has 0 heterocycles. The third-order valence-electron chi connectivity index (χ3n) is 0.740. The smallest absolute Gasteiger partial charge is 0.0281 e. The fourth-order valence-corrected chi connectivity index (χ4v) is 0.368. The molecule has 1 N–H and O–H groups in total. The van der Waals surface area contributed by atoms with Crippen LogP contribution in [0.1, 0.15) is 19.8 Å². The van der Waals surface area contributed by atoms with Crippen LogP contribution >= 0.6 is 0 Å². The Hall–Kier alpha value is -0.300. The second-order valence-corrected chi connectivity index (χ2v) is 1.46. The molecule has 1 nitrogen and oxygen atoms in total. The number of nitrogens with one attached hydrogen (secondary N) is 1. The van der Waals surface area contributed by atoms with E-state index >= 15 is 0 Å². The van der Waals surface area contributed by atoms with Crippen LogP contribution in [0.15, 0.2) is 12.2 Å². The zero-order chi connectivity index (χ0) is 5.54. The molecule has 0 bridgehead atoms. The zero-order valence-corrected chi connectivity index (χ0v) is 4.78. The highest BCUT2D eigenvalue weighted by atomic mass is 14.5. The van der Waals surface area contributed by atoms with Gasteiger partial charge in [-0.15, -0.1) is 0 Å². The molecule has 7 heavy (non-hydrogen) atoms. The van der Waals surface area contributed by atoms with Crippen molar-refractivity contribution in [1.82, 2.24) is 5.73 Å². The third-order valence-corrected chi connectivity index (χ3v) is 0.740. The molecule has 0 fully saturated rings. The van der Waals surface area contributed by atoms with Crippen LogP contribution in [0.25, 0.3) is 0 Å². The molecule has 0 aromatic carbocycles. The van der Waals surface area contributed by atoms with Crippen molar-refractivity contribution in [3.63, 3.8) is 0 Å². The quantitative estimate of drug-likeness (QED) is 0.479. The second kappa shape index (κ2) is 5.70. The fourth-order valence-electron chi connectivity index (χ4n) is 0.368. The highest BCUT2D eigenvalue weighted by Gasteiger charge is 1.68. The van der Waals surface area contributed by atoms with Crippen molar-refractivity contribution in [2.24, 2.45) is 0 Å². The van der Waals surface area contributed by atoms with Gasteiger partial charge >= 0.3 is 0 Å². The Kier molecular flexibility index (Phi) is 5.46. The molecule has 1 heteroatoms. The van der Waals surface area contributed by atoms with Gasteiger partial charge in [0, 0.05) is 6.54 Å². The number of hydrogen-bond donors (Lipinski definition) is 0. The van der Waals surface area contributed by atoms with Crippen molar-refractivity contribution in [1.29, 1.82) is 0 Å². The van der Waals surface area contributed by atoms with E-state index in [1.165, 1.54) is 6.42 Å². The molecule has 0 saturated heterocycles. The largest absolute Gasteiger partial charge is 0.254 e. The van der Waals surface area contributed by atoms with E-state index in [4.69, 9.17) is 5.73 Å². The molecule has 0 saturated carbocycles. The SMILES string of the molecule is CCC/C=C/C[NH]. The van der Waals surface area contributed by atoms with E-state index in [-0.39, 0.29) is 0 Å². The normalized spacial score (nSPS) is 10.6. The van der Waals surface area contributed by atoms with Crippen LogP contribution in [0.4, 0.5) is 0 Å². The van der Waals surface area contributed by atoms with Gasteiger partial charge < -0.3 is 0 Å². The summed E-state index contributed by atoms with van der Waals surface area (Å²) in [6.45, 7) is 2.56. The van der Waals surface area contributed by atoms with Crippen molar-refractivity contribution in [2.45, 2.75) is 19.8 Å². The van der Waals surface area contributed by atoms with E-state index < -0.39 is 0 Å². The van der Waals surface area contributed by atoms with Crippen LogP contribution in [-0.2, 0) is 0 Å². The highest BCUT2D eigenvalue weighted by Crippen LogP contribution is 1.85. The molecular weight excluding hydrogens is 86.1 g/mol. The lowest BCUT2D eigenvalue weighted by molar-refractivity contribution is 0.952. The highest BCUT2D eigenvalue weighted by molar-refractivity contribution is 4.80. The molecule has 0 aromatic rings. The van der Waals surface area contributed by atoms with Crippen LogP contribution in [0.5, 0.6) is 0 Å². The number of rotatable bonds is 3. The molecule has 0 rings (SSSR count). The summed E-state index contributed by atoms with van der Waals surface area (Å²) in [7, 11) is 0. The lowest BCUT2D eigenvalue weighted by Crippen LogP contribution is -1.73. The molecule has 0 aliphatic carbocycles. The monoisotopic (exact) mass is 98.1 g/mol. The first-order valence-corrected chi connectivity index (χ1v) is 2.71. The van der Waals surface area contributed by atoms with Crippen molar-refractivity contribution in [3.05, 3.63) is 12.2 Å². The van der Waals surface area contributed by atoms with E-state index in [1.54, 1.807) is 0 Å². The summed E-state index contributed by atoms with van der Waals surface area (Å²) in [5.41, 5.74) is 6.69. The summed E-state index contributed by atoms with van der Waals surface area (Å²) >= 11 is 0. The van der Waals surface area contributed by atoms with Gasteiger partial charge in [0.1, 0.15) is 0 Å². The first-order valence-electron chi connectivity index (χ1n) is 2.71. The lowest BCUT2D eigenvalue weighted by Gasteiger charge is -1.79. The first-order chi connectivity index (χ1) is 3.41. The van der Waals surface area contributed by atoms with Gasteiger partial charge in [0.15, 0.2) is 0 Å².